The molecule has 2 aromatic rings. The largest absolute Gasteiger partial charge is 0.452 e. The predicted molar refractivity (Wildman–Crippen MR) is 87.1 cm³/mol. The highest BCUT2D eigenvalue weighted by atomic mass is 32.2. The Labute approximate surface area is 143 Å². The molecule has 0 saturated carbocycles. The van der Waals surface area contributed by atoms with Crippen LogP contribution in [0.3, 0.4) is 0 Å². The molecule has 1 aliphatic heterocycles. The fraction of sp³-hybridized carbons (Fsp3) is 0.200. The first-order valence-electron chi connectivity index (χ1n) is 7.05. The fourth-order valence-corrected chi connectivity index (χ4v) is 4.60. The van der Waals surface area contributed by atoms with Crippen molar-refractivity contribution in [1.82, 2.24) is 0 Å². The average molecular weight is 389 g/mol. The number of nitrogens with one attached hydrogen (secondary N) is 1. The summed E-state index contributed by atoms with van der Waals surface area (Å²) in [5.74, 6) is -2.48. The van der Waals surface area contributed by atoms with Gasteiger partial charge in [-0.25, -0.2) is 25.6 Å². The molecule has 0 radical (unpaired) electrons. The molecule has 0 saturated heterocycles. The zero-order chi connectivity index (χ0) is 18.4. The van der Waals surface area contributed by atoms with Crippen molar-refractivity contribution in [3.8, 4) is 11.5 Å². The second-order valence-corrected chi connectivity index (χ2v) is 9.40. The van der Waals surface area contributed by atoms with E-state index >= 15 is 0 Å². The van der Waals surface area contributed by atoms with E-state index in [4.69, 9.17) is 4.74 Å². The van der Waals surface area contributed by atoms with E-state index in [1.807, 2.05) is 0 Å². The van der Waals surface area contributed by atoms with Crippen LogP contribution in [0.25, 0.3) is 0 Å². The molecule has 0 aliphatic carbocycles. The van der Waals surface area contributed by atoms with Crippen molar-refractivity contribution in [3.05, 3.63) is 47.5 Å². The molecule has 0 fully saturated rings. The number of anilines is 1. The van der Waals surface area contributed by atoms with Gasteiger partial charge in [0.25, 0.3) is 0 Å². The summed E-state index contributed by atoms with van der Waals surface area (Å²) in [5.41, 5.74) is 0.417. The molecule has 0 spiro atoms. The first kappa shape index (κ1) is 17.6. The van der Waals surface area contributed by atoms with Gasteiger partial charge in [-0.3, -0.25) is 4.72 Å². The second kappa shape index (κ2) is 5.95. The Balaban J connectivity index is 2.12. The van der Waals surface area contributed by atoms with Crippen molar-refractivity contribution >= 4 is 25.5 Å². The Morgan fingerprint density at radius 3 is 2.48 bits per heavy atom. The Bertz CT molecular complexity index is 1070. The maximum atomic E-state index is 13.8. The van der Waals surface area contributed by atoms with Crippen LogP contribution < -0.4 is 9.46 Å². The molecule has 10 heteroatoms. The lowest BCUT2D eigenvalue weighted by Gasteiger charge is -2.14. The van der Waals surface area contributed by atoms with Crippen molar-refractivity contribution in [1.29, 1.82) is 0 Å². The van der Waals surface area contributed by atoms with Crippen LogP contribution in [-0.2, 0) is 26.3 Å². The molecule has 1 aliphatic rings. The van der Waals surface area contributed by atoms with Crippen molar-refractivity contribution in [2.24, 2.45) is 0 Å². The number of hydrogen-bond donors (Lipinski definition) is 1. The highest BCUT2D eigenvalue weighted by Crippen LogP contribution is 2.38. The fourth-order valence-electron chi connectivity index (χ4n) is 2.49. The summed E-state index contributed by atoms with van der Waals surface area (Å²) < 4.78 is 81.5. The summed E-state index contributed by atoms with van der Waals surface area (Å²) in [6.45, 7) is 0. The molecule has 0 amide bonds. The Kier molecular flexibility index (Phi) is 4.20. The number of aryl methyl sites for hydroxylation is 1. The van der Waals surface area contributed by atoms with E-state index in [-0.39, 0.29) is 34.3 Å². The smallest absolute Gasteiger partial charge is 0.229 e. The lowest BCUT2D eigenvalue weighted by atomic mass is 10.1. The van der Waals surface area contributed by atoms with Gasteiger partial charge in [0.2, 0.25) is 10.0 Å². The third-order valence-electron chi connectivity index (χ3n) is 3.55. The molecule has 0 atom stereocenters. The Hall–Kier alpha value is -2.20. The number of hydrogen-bond acceptors (Lipinski definition) is 5. The zero-order valence-corrected chi connectivity index (χ0v) is 14.5. The van der Waals surface area contributed by atoms with Gasteiger partial charge in [0.1, 0.15) is 5.82 Å². The average Bonchev–Trinajstić information content (AvgIpc) is 2.76. The number of rotatable bonds is 4. The van der Waals surface area contributed by atoms with Crippen molar-refractivity contribution in [2.45, 2.75) is 11.3 Å². The van der Waals surface area contributed by atoms with Crippen LogP contribution in [0.1, 0.15) is 5.56 Å². The molecule has 2 aromatic carbocycles. The van der Waals surface area contributed by atoms with E-state index < -0.39 is 31.5 Å². The van der Waals surface area contributed by atoms with Gasteiger partial charge in [0.15, 0.2) is 27.2 Å². The Morgan fingerprint density at radius 1 is 1.12 bits per heavy atom. The zero-order valence-electron chi connectivity index (χ0n) is 12.9. The summed E-state index contributed by atoms with van der Waals surface area (Å²) in [5, 5.41) is 0. The number of ether oxygens (including phenoxy) is 1. The van der Waals surface area contributed by atoms with E-state index in [2.05, 4.69) is 4.72 Å². The highest BCUT2D eigenvalue weighted by Gasteiger charge is 2.29. The summed E-state index contributed by atoms with van der Waals surface area (Å²) in [6, 6.07) is 5.08. The van der Waals surface area contributed by atoms with Gasteiger partial charge in [-0.05, 0) is 30.2 Å². The van der Waals surface area contributed by atoms with Crippen molar-refractivity contribution in [2.75, 3.05) is 16.7 Å². The molecule has 0 unspecified atom stereocenters. The second-order valence-electron chi connectivity index (χ2n) is 5.58. The maximum absolute atomic E-state index is 13.8. The number of benzene rings is 2. The third-order valence-corrected chi connectivity index (χ3v) is 5.93. The Morgan fingerprint density at radius 2 is 1.84 bits per heavy atom. The van der Waals surface area contributed by atoms with Crippen molar-refractivity contribution in [3.63, 3.8) is 0 Å². The summed E-state index contributed by atoms with van der Waals surface area (Å²) >= 11 is 0. The molecule has 0 aromatic heterocycles. The normalized spacial score (nSPS) is 15.6. The minimum absolute atomic E-state index is 0.00377. The van der Waals surface area contributed by atoms with Crippen LogP contribution >= 0.6 is 0 Å². The van der Waals surface area contributed by atoms with Gasteiger partial charge in [-0.15, -0.1) is 0 Å². The van der Waals surface area contributed by atoms with E-state index in [1.165, 1.54) is 6.07 Å². The number of sulfone groups is 1. The lowest BCUT2D eigenvalue weighted by Crippen LogP contribution is -2.11. The van der Waals surface area contributed by atoms with Gasteiger partial charge < -0.3 is 4.74 Å². The molecular formula is C15H13F2NO5S2. The van der Waals surface area contributed by atoms with Crippen LogP contribution in [0, 0.1) is 11.6 Å². The molecule has 3 rings (SSSR count). The van der Waals surface area contributed by atoms with Crippen LogP contribution in [0.2, 0.25) is 0 Å². The molecule has 6 nitrogen and oxygen atoms in total. The third kappa shape index (κ3) is 3.74. The van der Waals surface area contributed by atoms with E-state index in [9.17, 15) is 25.6 Å². The lowest BCUT2D eigenvalue weighted by molar-refractivity contribution is 0.438. The van der Waals surface area contributed by atoms with Crippen molar-refractivity contribution < 1.29 is 30.4 Å². The van der Waals surface area contributed by atoms with E-state index in [0.29, 0.717) is 11.6 Å². The first-order chi connectivity index (χ1) is 11.5. The SMILES string of the molecule is CS(=O)(=O)Nc1cc2c(cc1Oc1ccc(F)cc1F)S(=O)(=O)CC2. The molecule has 134 valence electrons. The van der Waals surface area contributed by atoms with Crippen LogP contribution in [0.4, 0.5) is 14.5 Å². The van der Waals surface area contributed by atoms with E-state index in [1.54, 1.807) is 0 Å². The standard InChI is InChI=1S/C15H13F2NO5S2/c1-24(19,20)18-12-6-9-4-5-25(21,22)15(9)8-14(12)23-13-3-2-10(16)7-11(13)17/h2-3,6-8,18H,4-5H2,1H3. The summed E-state index contributed by atoms with van der Waals surface area (Å²) in [7, 11) is -7.20. The van der Waals surface area contributed by atoms with Crippen LogP contribution in [0.15, 0.2) is 35.2 Å². The predicted octanol–water partition coefficient (Wildman–Crippen LogP) is 2.46. The molecule has 1 N–H and O–H groups in total. The first-order valence-corrected chi connectivity index (χ1v) is 10.6. The number of halogens is 2. The maximum Gasteiger partial charge on any atom is 0.229 e. The number of sulfonamides is 1. The van der Waals surface area contributed by atoms with Crippen LogP contribution in [0.5, 0.6) is 11.5 Å². The molecule has 25 heavy (non-hydrogen) atoms. The van der Waals surface area contributed by atoms with E-state index in [0.717, 1.165) is 24.5 Å². The van der Waals surface area contributed by atoms with Gasteiger partial charge in [-0.1, -0.05) is 0 Å². The summed E-state index contributed by atoms with van der Waals surface area (Å²) in [4.78, 5) is 0.00377. The quantitative estimate of drug-likeness (QED) is 0.868. The minimum Gasteiger partial charge on any atom is -0.452 e. The molecule has 1 heterocycles. The molecular weight excluding hydrogens is 376 g/mol. The van der Waals surface area contributed by atoms with Gasteiger partial charge in [-0.2, -0.15) is 0 Å². The minimum atomic E-state index is -3.69. The highest BCUT2D eigenvalue weighted by molar-refractivity contribution is 7.92. The van der Waals surface area contributed by atoms with Crippen LogP contribution in [-0.4, -0.2) is 28.8 Å². The summed E-state index contributed by atoms with van der Waals surface area (Å²) in [6.07, 6.45) is 1.15. The monoisotopic (exact) mass is 389 g/mol. The topological polar surface area (TPSA) is 89.5 Å². The number of fused-ring (bicyclic) bond motifs is 1. The van der Waals surface area contributed by atoms with Gasteiger partial charge >= 0.3 is 0 Å². The van der Waals surface area contributed by atoms with Gasteiger partial charge in [0, 0.05) is 12.1 Å². The molecule has 0 bridgehead atoms. The van der Waals surface area contributed by atoms with Gasteiger partial charge in [0.05, 0.1) is 22.6 Å².